The summed E-state index contributed by atoms with van der Waals surface area (Å²) >= 11 is 0. The minimum absolute atomic E-state index is 0.0688. The molecule has 0 aliphatic carbocycles. The van der Waals surface area contributed by atoms with E-state index in [1.54, 1.807) is 13.2 Å². The van der Waals surface area contributed by atoms with Gasteiger partial charge in [-0.2, -0.15) is 0 Å². The molecular formula is C14H18O4. The third-order valence-electron chi connectivity index (χ3n) is 2.74. The van der Waals surface area contributed by atoms with Gasteiger partial charge in [-0.05, 0) is 30.2 Å². The van der Waals surface area contributed by atoms with Gasteiger partial charge < -0.3 is 14.6 Å². The standard InChI is InChI=1S/C14H18O4/c1-10-8-12(17-2)5-6-13(10)11(9-15)4-7-14(16)18-3/h4-8,11,15H,9H2,1-3H3/b7-4+. The Bertz CT molecular complexity index is 437. The van der Waals surface area contributed by atoms with Gasteiger partial charge >= 0.3 is 5.97 Å². The molecule has 1 aromatic carbocycles. The molecule has 0 aliphatic heterocycles. The fourth-order valence-electron chi connectivity index (χ4n) is 1.72. The second kappa shape index (κ2) is 6.81. The van der Waals surface area contributed by atoms with Crippen LogP contribution in [0.2, 0.25) is 0 Å². The monoisotopic (exact) mass is 250 g/mol. The average molecular weight is 250 g/mol. The van der Waals surface area contributed by atoms with Crippen molar-refractivity contribution in [1.82, 2.24) is 0 Å². The maximum absolute atomic E-state index is 11.0. The number of hydrogen-bond acceptors (Lipinski definition) is 4. The Morgan fingerprint density at radius 1 is 1.44 bits per heavy atom. The molecule has 1 rings (SSSR count). The van der Waals surface area contributed by atoms with Gasteiger partial charge in [0.15, 0.2) is 0 Å². The predicted molar refractivity (Wildman–Crippen MR) is 68.7 cm³/mol. The van der Waals surface area contributed by atoms with Gasteiger partial charge in [0.05, 0.1) is 20.8 Å². The van der Waals surface area contributed by atoms with Crippen LogP contribution in [0.4, 0.5) is 0 Å². The Morgan fingerprint density at radius 3 is 2.67 bits per heavy atom. The highest BCUT2D eigenvalue weighted by Crippen LogP contribution is 2.24. The van der Waals surface area contributed by atoms with Gasteiger partial charge in [0.2, 0.25) is 0 Å². The molecule has 1 N–H and O–H groups in total. The van der Waals surface area contributed by atoms with E-state index in [1.165, 1.54) is 13.2 Å². The van der Waals surface area contributed by atoms with Crippen LogP contribution in [-0.4, -0.2) is 31.9 Å². The number of aryl methyl sites for hydroxylation is 1. The summed E-state index contributed by atoms with van der Waals surface area (Å²) in [5, 5.41) is 9.38. The van der Waals surface area contributed by atoms with Crippen LogP contribution >= 0.6 is 0 Å². The molecule has 0 heterocycles. The van der Waals surface area contributed by atoms with E-state index in [1.807, 2.05) is 25.1 Å². The number of aliphatic hydroxyl groups is 1. The molecule has 0 saturated carbocycles. The fourth-order valence-corrected chi connectivity index (χ4v) is 1.72. The van der Waals surface area contributed by atoms with Gasteiger partial charge in [0.25, 0.3) is 0 Å². The van der Waals surface area contributed by atoms with Crippen LogP contribution < -0.4 is 4.74 Å². The van der Waals surface area contributed by atoms with Crippen LogP contribution in [0.1, 0.15) is 17.0 Å². The van der Waals surface area contributed by atoms with Crippen molar-refractivity contribution in [3.05, 3.63) is 41.5 Å². The smallest absolute Gasteiger partial charge is 0.330 e. The molecule has 1 aromatic rings. The molecule has 4 heteroatoms. The van der Waals surface area contributed by atoms with E-state index in [-0.39, 0.29) is 12.5 Å². The van der Waals surface area contributed by atoms with Crippen LogP contribution in [0.15, 0.2) is 30.4 Å². The van der Waals surface area contributed by atoms with Crippen molar-refractivity contribution in [3.8, 4) is 5.75 Å². The third kappa shape index (κ3) is 3.60. The lowest BCUT2D eigenvalue weighted by Gasteiger charge is -2.14. The number of esters is 1. The lowest BCUT2D eigenvalue weighted by atomic mass is 9.95. The predicted octanol–water partition coefficient (Wildman–Crippen LogP) is 1.81. The first-order chi connectivity index (χ1) is 8.62. The average Bonchev–Trinajstić information content (AvgIpc) is 2.40. The van der Waals surface area contributed by atoms with Crippen LogP contribution in [0.5, 0.6) is 5.75 Å². The lowest BCUT2D eigenvalue weighted by Crippen LogP contribution is -2.05. The fraction of sp³-hybridized carbons (Fsp3) is 0.357. The van der Waals surface area contributed by atoms with E-state index in [0.717, 1.165) is 16.9 Å². The maximum Gasteiger partial charge on any atom is 0.330 e. The first kappa shape index (κ1) is 14.3. The van der Waals surface area contributed by atoms with Crippen LogP contribution in [0, 0.1) is 6.92 Å². The number of ether oxygens (including phenoxy) is 2. The Balaban J connectivity index is 2.95. The molecule has 0 aliphatic rings. The zero-order valence-corrected chi connectivity index (χ0v) is 10.8. The number of methoxy groups -OCH3 is 2. The summed E-state index contributed by atoms with van der Waals surface area (Å²) in [5.74, 6) is 0.111. The van der Waals surface area contributed by atoms with E-state index >= 15 is 0 Å². The second-order valence-corrected chi connectivity index (χ2v) is 3.89. The topological polar surface area (TPSA) is 55.8 Å². The summed E-state index contributed by atoms with van der Waals surface area (Å²) < 4.78 is 9.64. The molecule has 98 valence electrons. The normalized spacial score (nSPS) is 12.4. The molecule has 1 unspecified atom stereocenters. The van der Waals surface area contributed by atoms with E-state index < -0.39 is 5.97 Å². The SMILES string of the molecule is COC(=O)/C=C/C(CO)c1ccc(OC)cc1C. The van der Waals surface area contributed by atoms with Gasteiger partial charge in [-0.3, -0.25) is 0 Å². The van der Waals surface area contributed by atoms with Gasteiger partial charge in [-0.15, -0.1) is 0 Å². The first-order valence-corrected chi connectivity index (χ1v) is 5.64. The summed E-state index contributed by atoms with van der Waals surface area (Å²) in [5.41, 5.74) is 1.96. The van der Waals surface area contributed by atoms with Gasteiger partial charge in [-0.25, -0.2) is 4.79 Å². The Labute approximate surface area is 107 Å². The van der Waals surface area contributed by atoms with Crippen molar-refractivity contribution in [2.45, 2.75) is 12.8 Å². The second-order valence-electron chi connectivity index (χ2n) is 3.89. The van der Waals surface area contributed by atoms with Crippen molar-refractivity contribution in [3.63, 3.8) is 0 Å². The minimum atomic E-state index is -0.431. The Kier molecular flexibility index (Phi) is 5.39. The molecule has 4 nitrogen and oxygen atoms in total. The molecule has 0 fully saturated rings. The number of rotatable bonds is 5. The van der Waals surface area contributed by atoms with Crippen LogP contribution in [-0.2, 0) is 9.53 Å². The molecular weight excluding hydrogens is 232 g/mol. The number of carbonyl (C=O) groups excluding carboxylic acids is 1. The van der Waals surface area contributed by atoms with Crippen molar-refractivity contribution >= 4 is 5.97 Å². The maximum atomic E-state index is 11.0. The molecule has 0 saturated heterocycles. The summed E-state index contributed by atoms with van der Waals surface area (Å²) in [6, 6.07) is 5.61. The van der Waals surface area contributed by atoms with Crippen molar-refractivity contribution in [2.75, 3.05) is 20.8 Å². The Morgan fingerprint density at radius 2 is 2.17 bits per heavy atom. The minimum Gasteiger partial charge on any atom is -0.497 e. The molecule has 0 spiro atoms. The highest BCUT2D eigenvalue weighted by atomic mass is 16.5. The summed E-state index contributed by atoms with van der Waals surface area (Å²) in [6.07, 6.45) is 2.96. The van der Waals surface area contributed by atoms with Crippen LogP contribution in [0.25, 0.3) is 0 Å². The largest absolute Gasteiger partial charge is 0.497 e. The van der Waals surface area contributed by atoms with Crippen LogP contribution in [0.3, 0.4) is 0 Å². The number of aliphatic hydroxyl groups excluding tert-OH is 1. The molecule has 1 atom stereocenters. The zero-order chi connectivity index (χ0) is 13.5. The van der Waals surface area contributed by atoms with Gasteiger partial charge in [0.1, 0.15) is 5.75 Å². The van der Waals surface area contributed by atoms with E-state index in [0.29, 0.717) is 0 Å². The van der Waals surface area contributed by atoms with Crippen molar-refractivity contribution < 1.29 is 19.4 Å². The first-order valence-electron chi connectivity index (χ1n) is 5.64. The van der Waals surface area contributed by atoms with Gasteiger partial charge in [-0.1, -0.05) is 12.1 Å². The highest BCUT2D eigenvalue weighted by Gasteiger charge is 2.11. The zero-order valence-electron chi connectivity index (χ0n) is 10.8. The number of hydrogen-bond donors (Lipinski definition) is 1. The quantitative estimate of drug-likeness (QED) is 0.639. The summed E-state index contributed by atoms with van der Waals surface area (Å²) in [7, 11) is 2.92. The summed E-state index contributed by atoms with van der Waals surface area (Å²) in [6.45, 7) is 1.87. The van der Waals surface area contributed by atoms with Crippen molar-refractivity contribution in [2.24, 2.45) is 0 Å². The van der Waals surface area contributed by atoms with E-state index in [9.17, 15) is 9.90 Å². The molecule has 0 amide bonds. The van der Waals surface area contributed by atoms with E-state index in [4.69, 9.17) is 4.74 Å². The number of benzene rings is 1. The lowest BCUT2D eigenvalue weighted by molar-refractivity contribution is -0.134. The molecule has 0 aromatic heterocycles. The highest BCUT2D eigenvalue weighted by molar-refractivity contribution is 5.81. The summed E-state index contributed by atoms with van der Waals surface area (Å²) in [4.78, 5) is 11.0. The van der Waals surface area contributed by atoms with E-state index in [2.05, 4.69) is 4.74 Å². The number of carbonyl (C=O) groups is 1. The van der Waals surface area contributed by atoms with Gasteiger partial charge in [0, 0.05) is 12.0 Å². The Hall–Kier alpha value is -1.81. The molecule has 0 bridgehead atoms. The molecule has 0 radical (unpaired) electrons. The van der Waals surface area contributed by atoms with Crippen molar-refractivity contribution in [1.29, 1.82) is 0 Å². The third-order valence-corrected chi connectivity index (χ3v) is 2.74. The molecule has 18 heavy (non-hydrogen) atoms.